The summed E-state index contributed by atoms with van der Waals surface area (Å²) >= 11 is 0. The van der Waals surface area contributed by atoms with E-state index in [1.165, 1.54) is 19.3 Å². The molecule has 0 unspecified atom stereocenters. The Morgan fingerprint density at radius 1 is 1.15 bits per heavy atom. The molecule has 2 heterocycles. The molecule has 1 aromatic carbocycles. The maximum absolute atomic E-state index is 12.4. The van der Waals surface area contributed by atoms with Gasteiger partial charge in [0.05, 0.1) is 18.6 Å². The number of fused-ring (bicyclic) bond motifs is 1. The molecule has 3 aromatic rings. The Balaban J connectivity index is 1.56. The van der Waals surface area contributed by atoms with E-state index in [0.29, 0.717) is 22.8 Å². The number of aliphatic hydroxyl groups excluding tert-OH is 1. The molecule has 0 spiro atoms. The van der Waals surface area contributed by atoms with Crippen LogP contribution in [-0.2, 0) is 6.61 Å². The Labute approximate surface area is 152 Å². The van der Waals surface area contributed by atoms with Gasteiger partial charge in [-0.05, 0) is 31.0 Å². The monoisotopic (exact) mass is 350 g/mol. The molecule has 0 radical (unpaired) electrons. The molecule has 0 aliphatic heterocycles. The first kappa shape index (κ1) is 16.8. The standard InChI is InChI=1S/C21H22N2O3/c24-13-16-12-22-19(18-10-11-26-20(16)18)14-6-8-15(9-7-14)21(25)23-17-4-2-1-3-5-17/h6-12,17,24H,1-5,13H2,(H,23,25). The van der Waals surface area contributed by atoms with Crippen LogP contribution in [0.15, 0.2) is 47.2 Å². The molecule has 0 saturated heterocycles. The summed E-state index contributed by atoms with van der Waals surface area (Å²) in [7, 11) is 0. The van der Waals surface area contributed by atoms with Crippen molar-refractivity contribution >= 4 is 16.9 Å². The first-order valence-electron chi connectivity index (χ1n) is 9.13. The number of hydrogen-bond donors (Lipinski definition) is 2. The van der Waals surface area contributed by atoms with Crippen LogP contribution < -0.4 is 5.32 Å². The lowest BCUT2D eigenvalue weighted by atomic mass is 9.95. The summed E-state index contributed by atoms with van der Waals surface area (Å²) in [5.41, 5.74) is 3.67. The third-order valence-corrected chi connectivity index (χ3v) is 5.09. The lowest BCUT2D eigenvalue weighted by Crippen LogP contribution is -2.36. The maximum Gasteiger partial charge on any atom is 0.251 e. The fourth-order valence-corrected chi connectivity index (χ4v) is 3.65. The van der Waals surface area contributed by atoms with E-state index in [0.717, 1.165) is 29.5 Å². The second-order valence-electron chi connectivity index (χ2n) is 6.84. The highest BCUT2D eigenvalue weighted by molar-refractivity contribution is 5.96. The van der Waals surface area contributed by atoms with E-state index in [-0.39, 0.29) is 12.5 Å². The molecule has 1 fully saturated rings. The van der Waals surface area contributed by atoms with Gasteiger partial charge in [-0.3, -0.25) is 9.78 Å². The van der Waals surface area contributed by atoms with Gasteiger partial charge in [0, 0.05) is 34.3 Å². The number of amides is 1. The van der Waals surface area contributed by atoms with Gasteiger partial charge in [-0.2, -0.15) is 0 Å². The van der Waals surface area contributed by atoms with Crippen molar-refractivity contribution in [2.75, 3.05) is 0 Å². The minimum absolute atomic E-state index is 0.0134. The number of furan rings is 1. The van der Waals surface area contributed by atoms with Crippen molar-refractivity contribution in [2.24, 2.45) is 0 Å². The molecule has 5 heteroatoms. The minimum Gasteiger partial charge on any atom is -0.464 e. The molecule has 5 nitrogen and oxygen atoms in total. The molecule has 134 valence electrons. The van der Waals surface area contributed by atoms with Crippen molar-refractivity contribution in [2.45, 2.75) is 44.8 Å². The normalized spacial score (nSPS) is 15.3. The van der Waals surface area contributed by atoms with E-state index in [9.17, 15) is 9.90 Å². The third kappa shape index (κ3) is 3.22. The quantitative estimate of drug-likeness (QED) is 0.744. The van der Waals surface area contributed by atoms with Gasteiger partial charge >= 0.3 is 0 Å². The lowest BCUT2D eigenvalue weighted by Gasteiger charge is -2.22. The molecular formula is C21H22N2O3. The van der Waals surface area contributed by atoms with Crippen LogP contribution in [0.25, 0.3) is 22.2 Å². The van der Waals surface area contributed by atoms with Crippen LogP contribution in [0.5, 0.6) is 0 Å². The van der Waals surface area contributed by atoms with E-state index < -0.39 is 0 Å². The number of nitrogens with one attached hydrogen (secondary N) is 1. The fourth-order valence-electron chi connectivity index (χ4n) is 3.65. The molecule has 4 rings (SSSR count). The van der Waals surface area contributed by atoms with Crippen LogP contribution in [0.3, 0.4) is 0 Å². The SMILES string of the molecule is O=C(NC1CCCCC1)c1ccc(-c2ncc(CO)c3occc23)cc1. The number of aliphatic hydroxyl groups is 1. The highest BCUT2D eigenvalue weighted by atomic mass is 16.3. The number of benzene rings is 1. The van der Waals surface area contributed by atoms with Crippen molar-refractivity contribution in [3.63, 3.8) is 0 Å². The van der Waals surface area contributed by atoms with Crippen molar-refractivity contribution < 1.29 is 14.3 Å². The summed E-state index contributed by atoms with van der Waals surface area (Å²) < 4.78 is 5.48. The Morgan fingerprint density at radius 2 is 1.92 bits per heavy atom. The second kappa shape index (κ2) is 7.30. The summed E-state index contributed by atoms with van der Waals surface area (Å²) in [6.07, 6.45) is 9.03. The number of carbonyl (C=O) groups excluding carboxylic acids is 1. The largest absolute Gasteiger partial charge is 0.464 e. The van der Waals surface area contributed by atoms with Gasteiger partial charge in [-0.1, -0.05) is 31.4 Å². The van der Waals surface area contributed by atoms with Gasteiger partial charge < -0.3 is 14.8 Å². The smallest absolute Gasteiger partial charge is 0.251 e. The number of rotatable bonds is 4. The average Bonchev–Trinajstić information content (AvgIpc) is 3.18. The maximum atomic E-state index is 12.4. The highest BCUT2D eigenvalue weighted by Gasteiger charge is 2.17. The van der Waals surface area contributed by atoms with Crippen LogP contribution in [0.2, 0.25) is 0 Å². The number of aromatic nitrogens is 1. The van der Waals surface area contributed by atoms with Crippen molar-refractivity contribution in [3.8, 4) is 11.3 Å². The number of hydrogen-bond acceptors (Lipinski definition) is 4. The van der Waals surface area contributed by atoms with Gasteiger partial charge in [0.2, 0.25) is 0 Å². The highest BCUT2D eigenvalue weighted by Crippen LogP contribution is 2.30. The van der Waals surface area contributed by atoms with E-state index in [1.54, 1.807) is 12.5 Å². The number of pyridine rings is 1. The Hall–Kier alpha value is -2.66. The summed E-state index contributed by atoms with van der Waals surface area (Å²) in [5, 5.41) is 13.4. The lowest BCUT2D eigenvalue weighted by molar-refractivity contribution is 0.0927. The minimum atomic E-state index is -0.114. The van der Waals surface area contributed by atoms with Gasteiger partial charge in [0.25, 0.3) is 5.91 Å². The molecular weight excluding hydrogens is 328 g/mol. The molecule has 0 bridgehead atoms. The summed E-state index contributed by atoms with van der Waals surface area (Å²) in [5.74, 6) is -0.0134. The predicted molar refractivity (Wildman–Crippen MR) is 99.7 cm³/mol. The zero-order chi connectivity index (χ0) is 17.9. The zero-order valence-corrected chi connectivity index (χ0v) is 14.6. The fraction of sp³-hybridized carbons (Fsp3) is 0.333. The molecule has 2 N–H and O–H groups in total. The summed E-state index contributed by atoms with van der Waals surface area (Å²) in [6, 6.07) is 9.63. The predicted octanol–water partition coefficient (Wildman–Crippen LogP) is 4.05. The first-order valence-corrected chi connectivity index (χ1v) is 9.13. The molecule has 2 aromatic heterocycles. The van der Waals surface area contributed by atoms with Crippen molar-refractivity contribution in [3.05, 3.63) is 53.9 Å². The molecule has 0 atom stereocenters. The van der Waals surface area contributed by atoms with E-state index in [4.69, 9.17) is 4.42 Å². The van der Waals surface area contributed by atoms with E-state index in [2.05, 4.69) is 10.3 Å². The molecule has 1 saturated carbocycles. The Kier molecular flexibility index (Phi) is 4.71. The number of carbonyl (C=O) groups is 1. The van der Waals surface area contributed by atoms with Crippen LogP contribution in [0.4, 0.5) is 0 Å². The average molecular weight is 350 g/mol. The Morgan fingerprint density at radius 3 is 2.65 bits per heavy atom. The van der Waals surface area contributed by atoms with Crippen LogP contribution in [0, 0.1) is 0 Å². The van der Waals surface area contributed by atoms with Crippen LogP contribution in [-0.4, -0.2) is 22.0 Å². The molecule has 26 heavy (non-hydrogen) atoms. The van der Waals surface area contributed by atoms with Crippen LogP contribution >= 0.6 is 0 Å². The van der Waals surface area contributed by atoms with Crippen LogP contribution in [0.1, 0.15) is 48.0 Å². The van der Waals surface area contributed by atoms with Gasteiger partial charge in [-0.15, -0.1) is 0 Å². The zero-order valence-electron chi connectivity index (χ0n) is 14.6. The molecule has 1 aliphatic rings. The third-order valence-electron chi connectivity index (χ3n) is 5.09. The second-order valence-corrected chi connectivity index (χ2v) is 6.84. The number of nitrogens with zero attached hydrogens (tertiary/aromatic N) is 1. The van der Waals surface area contributed by atoms with E-state index in [1.807, 2.05) is 30.3 Å². The first-order chi connectivity index (χ1) is 12.8. The molecule has 1 aliphatic carbocycles. The van der Waals surface area contributed by atoms with Gasteiger partial charge in [0.1, 0.15) is 5.58 Å². The van der Waals surface area contributed by atoms with Gasteiger partial charge in [0.15, 0.2) is 0 Å². The Bertz CT molecular complexity index is 909. The topological polar surface area (TPSA) is 75.4 Å². The van der Waals surface area contributed by atoms with Gasteiger partial charge in [-0.25, -0.2) is 0 Å². The van der Waals surface area contributed by atoms with Crippen molar-refractivity contribution in [1.82, 2.24) is 10.3 Å². The summed E-state index contributed by atoms with van der Waals surface area (Å²) in [4.78, 5) is 16.9. The van der Waals surface area contributed by atoms with Crippen molar-refractivity contribution in [1.29, 1.82) is 0 Å². The van der Waals surface area contributed by atoms with E-state index >= 15 is 0 Å². The molecule has 1 amide bonds. The summed E-state index contributed by atoms with van der Waals surface area (Å²) in [6.45, 7) is -0.114.